The quantitative estimate of drug-likeness (QED) is 0.741. The molecule has 2 aromatic rings. The van der Waals surface area contributed by atoms with Gasteiger partial charge in [-0.25, -0.2) is 0 Å². The van der Waals surface area contributed by atoms with E-state index in [1.54, 1.807) is 6.07 Å². The van der Waals surface area contributed by atoms with Gasteiger partial charge in [0.1, 0.15) is 0 Å². The number of nitrogens with one attached hydrogen (secondary N) is 2. The number of anilines is 1. The van der Waals surface area contributed by atoms with Crippen molar-refractivity contribution in [2.75, 3.05) is 5.73 Å². The number of aryl methyl sites for hydroxylation is 1. The Kier molecular flexibility index (Phi) is 4.88. The summed E-state index contributed by atoms with van der Waals surface area (Å²) in [6.07, 6.45) is 4.37. The normalized spacial score (nSPS) is 16.3. The molecule has 0 aliphatic heterocycles. The van der Waals surface area contributed by atoms with Gasteiger partial charge in [0.05, 0.1) is 6.04 Å². The number of amides is 1. The number of nitrogens with two attached hydrogens (primary N) is 1. The summed E-state index contributed by atoms with van der Waals surface area (Å²) in [6.45, 7) is 0. The number of halogens is 1. The van der Waals surface area contributed by atoms with Crippen LogP contribution in [0.4, 0.5) is 5.69 Å². The Morgan fingerprint density at radius 3 is 2.86 bits per heavy atom. The fraction of sp³-hybridized carbons (Fsp3) is 0.250. The van der Waals surface area contributed by atoms with Gasteiger partial charge >= 0.3 is 0 Å². The Labute approximate surface area is 134 Å². The first kappa shape index (κ1) is 16.1. The van der Waals surface area contributed by atoms with Crippen molar-refractivity contribution in [2.24, 2.45) is 0 Å². The number of hydrogen-bond acceptors (Lipinski definition) is 3. The molecule has 1 heterocycles. The van der Waals surface area contributed by atoms with Gasteiger partial charge in [0, 0.05) is 23.5 Å². The van der Waals surface area contributed by atoms with Crippen molar-refractivity contribution in [1.29, 1.82) is 0 Å². The van der Waals surface area contributed by atoms with Gasteiger partial charge < -0.3 is 16.0 Å². The van der Waals surface area contributed by atoms with Crippen molar-refractivity contribution in [2.45, 2.75) is 25.3 Å². The Morgan fingerprint density at radius 1 is 1.27 bits per heavy atom. The van der Waals surface area contributed by atoms with Gasteiger partial charge in [-0.2, -0.15) is 0 Å². The molecule has 0 radical (unpaired) electrons. The minimum atomic E-state index is -0.278. The highest BCUT2D eigenvalue weighted by molar-refractivity contribution is 5.94. The van der Waals surface area contributed by atoms with E-state index in [4.69, 9.17) is 5.73 Å². The molecule has 6 heteroatoms. The van der Waals surface area contributed by atoms with Crippen LogP contribution in [0.15, 0.2) is 41.3 Å². The molecule has 5 nitrogen and oxygen atoms in total. The van der Waals surface area contributed by atoms with Crippen LogP contribution in [0, 0.1) is 0 Å². The maximum Gasteiger partial charge on any atom is 0.252 e. The molecule has 1 unspecified atom stereocenters. The third kappa shape index (κ3) is 3.31. The standard InChI is InChI=1S/C16H17N3O2.ClH/c17-12-4-5-13-10(8-12)2-1-3-14(13)19-16(21)11-6-7-18-15(20)9-11;/h4-9,14H,1-3,17H2,(H,18,20)(H,19,21);1H. The van der Waals surface area contributed by atoms with Crippen molar-refractivity contribution in [3.05, 3.63) is 63.6 Å². The van der Waals surface area contributed by atoms with Gasteiger partial charge in [0.2, 0.25) is 5.56 Å². The SMILES string of the molecule is Cl.Nc1ccc2c(c1)CCCC2NC(=O)c1cc[nH]c(=O)c1. The molecule has 1 aliphatic rings. The molecule has 0 spiro atoms. The van der Waals surface area contributed by atoms with Crippen LogP contribution in [0.25, 0.3) is 0 Å². The maximum absolute atomic E-state index is 12.3. The minimum absolute atomic E-state index is 0. The monoisotopic (exact) mass is 319 g/mol. The highest BCUT2D eigenvalue weighted by atomic mass is 35.5. The van der Waals surface area contributed by atoms with Gasteiger partial charge in [0.25, 0.3) is 5.91 Å². The second kappa shape index (κ2) is 6.66. The van der Waals surface area contributed by atoms with Crippen molar-refractivity contribution >= 4 is 24.0 Å². The molecule has 4 N–H and O–H groups in total. The topological polar surface area (TPSA) is 88.0 Å². The van der Waals surface area contributed by atoms with Gasteiger partial charge in [-0.3, -0.25) is 9.59 Å². The first-order chi connectivity index (χ1) is 10.1. The van der Waals surface area contributed by atoms with E-state index in [1.165, 1.54) is 17.8 Å². The van der Waals surface area contributed by atoms with Crippen LogP contribution in [-0.2, 0) is 6.42 Å². The second-order valence-electron chi connectivity index (χ2n) is 5.32. The van der Waals surface area contributed by atoms with Crippen molar-refractivity contribution in [1.82, 2.24) is 10.3 Å². The predicted molar refractivity (Wildman–Crippen MR) is 88.3 cm³/mol. The summed E-state index contributed by atoms with van der Waals surface area (Å²) >= 11 is 0. The largest absolute Gasteiger partial charge is 0.399 e. The third-order valence-corrected chi connectivity index (χ3v) is 3.82. The summed E-state index contributed by atoms with van der Waals surface area (Å²) in [5.74, 6) is -0.226. The average Bonchev–Trinajstić information content (AvgIpc) is 2.47. The molecule has 0 saturated heterocycles. The number of H-pyrrole nitrogens is 1. The second-order valence-corrected chi connectivity index (χ2v) is 5.32. The van der Waals surface area contributed by atoms with E-state index in [0.717, 1.165) is 30.5 Å². The van der Waals surface area contributed by atoms with Crippen LogP contribution in [0.1, 0.15) is 40.4 Å². The van der Waals surface area contributed by atoms with E-state index in [-0.39, 0.29) is 29.9 Å². The molecule has 0 bridgehead atoms. The summed E-state index contributed by atoms with van der Waals surface area (Å²) < 4.78 is 0. The van der Waals surface area contributed by atoms with Gasteiger partial charge in [-0.15, -0.1) is 12.4 Å². The van der Waals surface area contributed by atoms with E-state index in [1.807, 2.05) is 18.2 Å². The van der Waals surface area contributed by atoms with E-state index in [9.17, 15) is 9.59 Å². The Hall–Kier alpha value is -2.27. The fourth-order valence-corrected chi connectivity index (χ4v) is 2.81. The van der Waals surface area contributed by atoms with E-state index >= 15 is 0 Å². The smallest absolute Gasteiger partial charge is 0.252 e. The van der Waals surface area contributed by atoms with Crippen molar-refractivity contribution in [3.8, 4) is 0 Å². The highest BCUT2D eigenvalue weighted by Gasteiger charge is 2.22. The summed E-state index contributed by atoms with van der Waals surface area (Å²) in [7, 11) is 0. The lowest BCUT2D eigenvalue weighted by molar-refractivity contribution is 0.0932. The van der Waals surface area contributed by atoms with Crippen LogP contribution < -0.4 is 16.6 Å². The summed E-state index contributed by atoms with van der Waals surface area (Å²) in [6, 6.07) is 8.69. The lowest BCUT2D eigenvalue weighted by atomic mass is 9.87. The number of aromatic nitrogens is 1. The molecular weight excluding hydrogens is 302 g/mol. The Balaban J connectivity index is 0.00000176. The van der Waals surface area contributed by atoms with Gasteiger partial charge in [-0.1, -0.05) is 6.07 Å². The number of nitrogen functional groups attached to an aromatic ring is 1. The van der Waals surface area contributed by atoms with E-state index in [2.05, 4.69) is 10.3 Å². The minimum Gasteiger partial charge on any atom is -0.399 e. The summed E-state index contributed by atoms with van der Waals surface area (Å²) in [4.78, 5) is 26.0. The van der Waals surface area contributed by atoms with Crippen LogP contribution in [0.3, 0.4) is 0 Å². The molecule has 0 saturated carbocycles. The number of pyridine rings is 1. The summed E-state index contributed by atoms with van der Waals surface area (Å²) in [5.41, 5.74) is 8.97. The molecule has 0 fully saturated rings. The predicted octanol–water partition coefficient (Wildman–Crippen LogP) is 2.19. The zero-order chi connectivity index (χ0) is 14.8. The van der Waals surface area contributed by atoms with Crippen LogP contribution in [0.2, 0.25) is 0 Å². The van der Waals surface area contributed by atoms with Crippen LogP contribution >= 0.6 is 12.4 Å². The third-order valence-electron chi connectivity index (χ3n) is 3.82. The van der Waals surface area contributed by atoms with Gasteiger partial charge in [-0.05, 0) is 48.6 Å². The highest BCUT2D eigenvalue weighted by Crippen LogP contribution is 2.31. The molecule has 1 atom stereocenters. The zero-order valence-corrected chi connectivity index (χ0v) is 12.8. The Bertz CT molecular complexity index is 742. The first-order valence-electron chi connectivity index (χ1n) is 7.01. The number of aromatic amines is 1. The van der Waals surface area contributed by atoms with Crippen LogP contribution in [0.5, 0.6) is 0 Å². The van der Waals surface area contributed by atoms with Crippen molar-refractivity contribution in [3.63, 3.8) is 0 Å². The van der Waals surface area contributed by atoms with Gasteiger partial charge in [0.15, 0.2) is 0 Å². The molecular formula is C16H18ClN3O2. The number of rotatable bonds is 2. The molecule has 1 aromatic carbocycles. The lowest BCUT2D eigenvalue weighted by Crippen LogP contribution is -2.31. The van der Waals surface area contributed by atoms with Crippen molar-refractivity contribution < 1.29 is 4.79 Å². The van der Waals surface area contributed by atoms with Crippen LogP contribution in [-0.4, -0.2) is 10.9 Å². The molecule has 3 rings (SSSR count). The number of carbonyl (C=O) groups excluding carboxylic acids is 1. The molecule has 116 valence electrons. The Morgan fingerprint density at radius 2 is 2.09 bits per heavy atom. The molecule has 1 aromatic heterocycles. The molecule has 1 aliphatic carbocycles. The fourth-order valence-electron chi connectivity index (χ4n) is 2.81. The number of benzene rings is 1. The zero-order valence-electron chi connectivity index (χ0n) is 12.0. The molecule has 1 amide bonds. The summed E-state index contributed by atoms with van der Waals surface area (Å²) in [5, 5.41) is 3.01. The number of carbonyl (C=O) groups is 1. The number of hydrogen-bond donors (Lipinski definition) is 3. The molecule has 22 heavy (non-hydrogen) atoms. The van der Waals surface area contributed by atoms with E-state index < -0.39 is 0 Å². The average molecular weight is 320 g/mol. The maximum atomic E-state index is 12.3. The van der Waals surface area contributed by atoms with E-state index in [0.29, 0.717) is 5.56 Å². The number of fused-ring (bicyclic) bond motifs is 1. The lowest BCUT2D eigenvalue weighted by Gasteiger charge is -2.26. The first-order valence-corrected chi connectivity index (χ1v) is 7.01.